The summed E-state index contributed by atoms with van der Waals surface area (Å²) in [5.41, 5.74) is 4.71. The number of hydrogen-bond donors (Lipinski definition) is 1. The van der Waals surface area contributed by atoms with Crippen LogP contribution in [0.5, 0.6) is 0 Å². The molecule has 1 N–H and O–H groups in total. The van der Waals surface area contributed by atoms with Gasteiger partial charge in [-0.1, -0.05) is 13.3 Å². The van der Waals surface area contributed by atoms with E-state index in [1.807, 2.05) is 18.2 Å². The highest BCUT2D eigenvalue weighted by atomic mass is 16.5. The van der Waals surface area contributed by atoms with Crippen molar-refractivity contribution in [3.63, 3.8) is 0 Å². The van der Waals surface area contributed by atoms with Crippen molar-refractivity contribution >= 4 is 16.9 Å². The minimum atomic E-state index is -0.252. The smallest absolute Gasteiger partial charge is 0.337 e. The Balaban J connectivity index is 1.64. The van der Waals surface area contributed by atoms with Crippen molar-refractivity contribution in [3.8, 4) is 0 Å². The molecule has 4 heteroatoms. The number of carbonyl (C=O) groups is 1. The Morgan fingerprint density at radius 3 is 3.04 bits per heavy atom. The number of hydrogen-bond acceptors (Lipinski definition) is 3. The lowest BCUT2D eigenvalue weighted by Gasteiger charge is -2.53. The molecule has 3 fully saturated rings. The van der Waals surface area contributed by atoms with Crippen molar-refractivity contribution in [2.24, 2.45) is 11.8 Å². The number of ether oxygens (including phenoxy) is 1. The maximum atomic E-state index is 11.9. The molecule has 2 saturated heterocycles. The molecule has 2 aromatic rings. The number of benzene rings is 1. The summed E-state index contributed by atoms with van der Waals surface area (Å²) < 4.78 is 4.91. The molecule has 1 aromatic heterocycles. The molecule has 1 aromatic carbocycles. The lowest BCUT2D eigenvalue weighted by Crippen LogP contribution is -2.56. The van der Waals surface area contributed by atoms with Gasteiger partial charge in [-0.05, 0) is 54.9 Å². The number of methoxy groups -OCH3 is 1. The number of nitrogens with zero attached hydrogens (tertiary/aromatic N) is 1. The van der Waals surface area contributed by atoms with E-state index in [9.17, 15) is 4.79 Å². The molecule has 0 amide bonds. The Morgan fingerprint density at radius 2 is 2.24 bits per heavy atom. The summed E-state index contributed by atoms with van der Waals surface area (Å²) in [6.45, 7) is 4.79. The molecule has 0 spiro atoms. The van der Waals surface area contributed by atoms with Crippen molar-refractivity contribution in [2.45, 2.75) is 44.6 Å². The van der Waals surface area contributed by atoms with Gasteiger partial charge in [-0.3, -0.25) is 4.90 Å². The number of H-pyrrole nitrogens is 1. The number of carbonyl (C=O) groups excluding carboxylic acids is 1. The highest BCUT2D eigenvalue weighted by molar-refractivity contribution is 5.96. The van der Waals surface area contributed by atoms with Crippen LogP contribution in [0.4, 0.5) is 0 Å². The van der Waals surface area contributed by atoms with Crippen LogP contribution in [-0.4, -0.2) is 42.1 Å². The lowest BCUT2D eigenvalue weighted by atomic mass is 9.65. The fourth-order valence-electron chi connectivity index (χ4n) is 5.94. The van der Waals surface area contributed by atoms with E-state index in [1.165, 1.54) is 55.1 Å². The third-order valence-electron chi connectivity index (χ3n) is 6.94. The van der Waals surface area contributed by atoms with E-state index >= 15 is 0 Å². The van der Waals surface area contributed by atoms with Gasteiger partial charge in [0.1, 0.15) is 0 Å². The minimum absolute atomic E-state index is 0.252. The maximum absolute atomic E-state index is 11.9. The summed E-state index contributed by atoms with van der Waals surface area (Å²) in [5.74, 6) is 2.06. The van der Waals surface area contributed by atoms with E-state index in [1.54, 1.807) is 0 Å². The predicted molar refractivity (Wildman–Crippen MR) is 97.9 cm³/mol. The second-order valence-corrected chi connectivity index (χ2v) is 8.12. The molecule has 4 heterocycles. The van der Waals surface area contributed by atoms with Gasteiger partial charge in [0.25, 0.3) is 0 Å². The minimum Gasteiger partial charge on any atom is -0.465 e. The van der Waals surface area contributed by atoms with Gasteiger partial charge >= 0.3 is 5.97 Å². The van der Waals surface area contributed by atoms with Crippen LogP contribution >= 0.6 is 0 Å². The zero-order valence-corrected chi connectivity index (χ0v) is 15.0. The van der Waals surface area contributed by atoms with Crippen LogP contribution in [0.2, 0.25) is 0 Å². The average molecular weight is 338 g/mol. The number of aromatic nitrogens is 1. The van der Waals surface area contributed by atoms with Crippen LogP contribution < -0.4 is 0 Å². The number of nitrogens with one attached hydrogen (secondary N) is 1. The molecule has 0 radical (unpaired) electrons. The monoisotopic (exact) mass is 338 g/mol. The first kappa shape index (κ1) is 15.4. The number of fused-ring (bicyclic) bond motifs is 4. The van der Waals surface area contributed by atoms with Gasteiger partial charge in [0, 0.05) is 41.6 Å². The third kappa shape index (κ3) is 2.20. The molecule has 6 rings (SSSR count). The van der Waals surface area contributed by atoms with E-state index < -0.39 is 0 Å². The molecule has 4 bridgehead atoms. The normalized spacial score (nSPS) is 33.1. The van der Waals surface area contributed by atoms with Crippen LogP contribution in [0.15, 0.2) is 18.2 Å². The molecular formula is C21H26N2O2. The van der Waals surface area contributed by atoms with E-state index in [2.05, 4.69) is 16.8 Å². The number of esters is 1. The molecule has 25 heavy (non-hydrogen) atoms. The van der Waals surface area contributed by atoms with Crippen molar-refractivity contribution in [3.05, 3.63) is 35.0 Å². The number of aromatic amines is 1. The van der Waals surface area contributed by atoms with Gasteiger partial charge in [-0.25, -0.2) is 4.79 Å². The van der Waals surface area contributed by atoms with Gasteiger partial charge in [0.05, 0.1) is 12.7 Å². The first-order valence-corrected chi connectivity index (χ1v) is 9.66. The molecule has 132 valence electrons. The van der Waals surface area contributed by atoms with Crippen LogP contribution in [0, 0.1) is 11.8 Å². The Hall–Kier alpha value is -1.81. The fraction of sp³-hybridized carbons (Fsp3) is 0.571. The summed E-state index contributed by atoms with van der Waals surface area (Å²) in [5, 5.41) is 1.22. The molecule has 5 unspecified atom stereocenters. The molecular weight excluding hydrogens is 312 g/mol. The number of piperidine rings is 2. The van der Waals surface area contributed by atoms with Crippen molar-refractivity contribution < 1.29 is 9.53 Å². The highest BCUT2D eigenvalue weighted by Gasteiger charge is 2.48. The van der Waals surface area contributed by atoms with Crippen LogP contribution in [0.25, 0.3) is 10.9 Å². The number of rotatable bonds is 2. The first-order chi connectivity index (χ1) is 12.2. The van der Waals surface area contributed by atoms with Crippen LogP contribution in [0.3, 0.4) is 0 Å². The molecule has 5 atom stereocenters. The second kappa shape index (κ2) is 5.60. The standard InChI is InChI=1S/C21H26N2O2/c1-3-13-8-12-9-17-19-15(6-7-23(11-12)20(13)17)16-10-14(21(24)25-2)4-5-18(16)22-19/h4-5,10,12-13,17,20,22H,3,6-9,11H2,1-2H3. The van der Waals surface area contributed by atoms with E-state index in [-0.39, 0.29) is 5.97 Å². The molecule has 1 saturated carbocycles. The van der Waals surface area contributed by atoms with Gasteiger partial charge in [0.2, 0.25) is 0 Å². The maximum Gasteiger partial charge on any atom is 0.337 e. The van der Waals surface area contributed by atoms with E-state index in [4.69, 9.17) is 4.74 Å². The molecule has 1 aliphatic carbocycles. The topological polar surface area (TPSA) is 45.3 Å². The van der Waals surface area contributed by atoms with Gasteiger partial charge in [0.15, 0.2) is 0 Å². The molecule has 4 aliphatic rings. The summed E-state index contributed by atoms with van der Waals surface area (Å²) in [6, 6.07) is 6.64. The summed E-state index contributed by atoms with van der Waals surface area (Å²) in [6.07, 6.45) is 5.10. The Morgan fingerprint density at radius 1 is 1.36 bits per heavy atom. The Bertz CT molecular complexity index is 840. The van der Waals surface area contributed by atoms with E-state index in [0.717, 1.165) is 24.8 Å². The molecule has 3 aliphatic heterocycles. The largest absolute Gasteiger partial charge is 0.465 e. The summed E-state index contributed by atoms with van der Waals surface area (Å²) in [7, 11) is 1.45. The molecule has 4 nitrogen and oxygen atoms in total. The summed E-state index contributed by atoms with van der Waals surface area (Å²) >= 11 is 0. The van der Waals surface area contributed by atoms with E-state index in [0.29, 0.717) is 17.5 Å². The van der Waals surface area contributed by atoms with Gasteiger partial charge in [-0.2, -0.15) is 0 Å². The van der Waals surface area contributed by atoms with Gasteiger partial charge < -0.3 is 9.72 Å². The zero-order valence-electron chi connectivity index (χ0n) is 15.0. The predicted octanol–water partition coefficient (Wildman–Crippen LogP) is 3.71. The zero-order chi connectivity index (χ0) is 17.1. The highest BCUT2D eigenvalue weighted by Crippen LogP contribution is 2.51. The third-order valence-corrected chi connectivity index (χ3v) is 6.94. The second-order valence-electron chi connectivity index (χ2n) is 8.12. The van der Waals surface area contributed by atoms with Crippen LogP contribution in [0.1, 0.15) is 53.7 Å². The quantitative estimate of drug-likeness (QED) is 0.849. The fourth-order valence-corrected chi connectivity index (χ4v) is 5.94. The van der Waals surface area contributed by atoms with Crippen molar-refractivity contribution in [2.75, 3.05) is 20.2 Å². The SMILES string of the molecule is CCC1CC2CC3c4[nH]c5ccc(C(=O)OC)cc5c4CCN(C2)C13. The van der Waals surface area contributed by atoms with Crippen molar-refractivity contribution in [1.82, 2.24) is 9.88 Å². The first-order valence-electron chi connectivity index (χ1n) is 9.66. The van der Waals surface area contributed by atoms with Crippen LogP contribution in [-0.2, 0) is 11.2 Å². The average Bonchev–Trinajstić information content (AvgIpc) is 2.98. The summed E-state index contributed by atoms with van der Waals surface area (Å²) in [4.78, 5) is 18.5. The Labute approximate surface area is 148 Å². The Kier molecular flexibility index (Phi) is 3.46. The lowest BCUT2D eigenvalue weighted by molar-refractivity contribution is -0.0134. The van der Waals surface area contributed by atoms with Crippen molar-refractivity contribution in [1.29, 1.82) is 0 Å². The van der Waals surface area contributed by atoms with Gasteiger partial charge in [-0.15, -0.1) is 0 Å².